The largest absolute Gasteiger partial charge is 0.328 e. The van der Waals surface area contributed by atoms with Crippen LogP contribution < -0.4 is 0 Å². The Labute approximate surface area is 69.5 Å². The highest BCUT2D eigenvalue weighted by Gasteiger charge is 1.87. The summed E-state index contributed by atoms with van der Waals surface area (Å²) in [6.45, 7) is 4.53. The molecule has 1 atom stereocenters. The topological polar surface area (TPSA) is 26.3 Å². The maximum atomic E-state index is 10.9. The van der Waals surface area contributed by atoms with E-state index in [4.69, 9.17) is 4.52 Å². The van der Waals surface area contributed by atoms with E-state index >= 15 is 0 Å². The molecule has 0 bridgehead atoms. The highest BCUT2D eigenvalue weighted by molar-refractivity contribution is 7.42. The van der Waals surface area contributed by atoms with Gasteiger partial charge in [0, 0.05) is 0 Å². The van der Waals surface area contributed by atoms with E-state index in [1.165, 1.54) is 6.42 Å². The molecule has 11 heavy (non-hydrogen) atoms. The van der Waals surface area contributed by atoms with Gasteiger partial charge in [-0.2, -0.15) is 0 Å². The number of rotatable bonds is 6. The smallest absolute Gasteiger partial charge is 0.213 e. The first-order chi connectivity index (χ1) is 5.31. The molecule has 0 rings (SSSR count). The minimum atomic E-state index is -1.85. The molecule has 0 amide bonds. The monoisotopic (exact) mass is 176 g/mol. The standard InChI is InChI=1S/C8H17O2P/c1-3-5-6-7-8-11(9)10-4-2/h7-8,11H,3-6H2,1-2H3. The quantitative estimate of drug-likeness (QED) is 0.459. The Kier molecular flexibility index (Phi) is 7.98. The van der Waals surface area contributed by atoms with Gasteiger partial charge in [-0.3, -0.25) is 4.57 Å². The van der Waals surface area contributed by atoms with E-state index in [-0.39, 0.29) is 0 Å². The summed E-state index contributed by atoms with van der Waals surface area (Å²) in [6.07, 6.45) is 5.30. The van der Waals surface area contributed by atoms with Crippen LogP contribution in [0.15, 0.2) is 11.9 Å². The maximum Gasteiger partial charge on any atom is 0.213 e. The Balaban J connectivity index is 3.32. The molecule has 1 unspecified atom stereocenters. The van der Waals surface area contributed by atoms with Crippen molar-refractivity contribution in [3.63, 3.8) is 0 Å². The molecule has 0 N–H and O–H groups in total. The molecule has 66 valence electrons. The van der Waals surface area contributed by atoms with E-state index in [1.54, 1.807) is 5.82 Å². The highest BCUT2D eigenvalue weighted by Crippen LogP contribution is 2.23. The fourth-order valence-electron chi connectivity index (χ4n) is 0.692. The molecule has 0 aliphatic rings. The SMILES string of the molecule is CCCCC=C[PH](=O)OCC. The Morgan fingerprint density at radius 3 is 2.73 bits per heavy atom. The van der Waals surface area contributed by atoms with Gasteiger partial charge in [-0.25, -0.2) is 0 Å². The molecule has 0 aliphatic carbocycles. The van der Waals surface area contributed by atoms with E-state index in [9.17, 15) is 4.57 Å². The summed E-state index contributed by atoms with van der Waals surface area (Å²) >= 11 is 0. The maximum absolute atomic E-state index is 10.9. The molecule has 0 fully saturated rings. The zero-order chi connectivity index (χ0) is 8.53. The number of hydrogen-bond acceptors (Lipinski definition) is 2. The van der Waals surface area contributed by atoms with Crippen LogP contribution in [0, 0.1) is 0 Å². The lowest BCUT2D eigenvalue weighted by molar-refractivity contribution is 0.356. The Morgan fingerprint density at radius 1 is 1.45 bits per heavy atom. The lowest BCUT2D eigenvalue weighted by Crippen LogP contribution is -1.73. The lowest BCUT2D eigenvalue weighted by Gasteiger charge is -1.93. The lowest BCUT2D eigenvalue weighted by atomic mass is 10.2. The number of hydrogen-bond donors (Lipinski definition) is 0. The molecule has 2 nitrogen and oxygen atoms in total. The Morgan fingerprint density at radius 2 is 2.18 bits per heavy atom. The van der Waals surface area contributed by atoms with Crippen LogP contribution in [0.1, 0.15) is 33.1 Å². The number of allylic oxidation sites excluding steroid dienone is 1. The van der Waals surface area contributed by atoms with Crippen molar-refractivity contribution in [1.82, 2.24) is 0 Å². The van der Waals surface area contributed by atoms with E-state index in [2.05, 4.69) is 6.92 Å². The predicted octanol–water partition coefficient (Wildman–Crippen LogP) is 3.20. The Bertz CT molecular complexity index is 132. The average Bonchev–Trinajstić information content (AvgIpc) is 1.99. The van der Waals surface area contributed by atoms with Gasteiger partial charge in [0.1, 0.15) is 0 Å². The van der Waals surface area contributed by atoms with Crippen molar-refractivity contribution in [2.75, 3.05) is 6.61 Å². The summed E-state index contributed by atoms with van der Waals surface area (Å²) in [5.74, 6) is 1.68. The molecular formula is C8H17O2P. The Hall–Kier alpha value is -0.0700. The predicted molar refractivity (Wildman–Crippen MR) is 49.3 cm³/mol. The summed E-state index contributed by atoms with van der Waals surface area (Å²) in [5.41, 5.74) is 0. The second kappa shape index (κ2) is 8.03. The summed E-state index contributed by atoms with van der Waals surface area (Å²) < 4.78 is 15.8. The minimum absolute atomic E-state index is 0.538. The summed E-state index contributed by atoms with van der Waals surface area (Å²) in [5, 5.41) is 0. The molecule has 0 aromatic carbocycles. The van der Waals surface area contributed by atoms with Crippen LogP contribution >= 0.6 is 8.03 Å². The fraction of sp³-hybridized carbons (Fsp3) is 0.750. The van der Waals surface area contributed by atoms with Crippen LogP contribution in [-0.2, 0) is 9.09 Å². The molecule has 0 saturated heterocycles. The summed E-state index contributed by atoms with van der Waals surface area (Å²) in [6, 6.07) is 0. The van der Waals surface area contributed by atoms with Crippen molar-refractivity contribution in [3.8, 4) is 0 Å². The minimum Gasteiger partial charge on any atom is -0.328 e. The third-order valence-electron chi connectivity index (χ3n) is 1.26. The van der Waals surface area contributed by atoms with Gasteiger partial charge in [-0.15, -0.1) is 0 Å². The zero-order valence-corrected chi connectivity index (χ0v) is 8.30. The van der Waals surface area contributed by atoms with Crippen LogP contribution in [0.3, 0.4) is 0 Å². The first-order valence-electron chi connectivity index (χ1n) is 4.14. The number of unbranched alkanes of at least 4 members (excludes halogenated alkanes) is 2. The van der Waals surface area contributed by atoms with Gasteiger partial charge in [-0.05, 0) is 19.2 Å². The van der Waals surface area contributed by atoms with Gasteiger partial charge in [0.2, 0.25) is 8.03 Å². The summed E-state index contributed by atoms with van der Waals surface area (Å²) in [4.78, 5) is 0. The van der Waals surface area contributed by atoms with Crippen LogP contribution in [0.5, 0.6) is 0 Å². The highest BCUT2D eigenvalue weighted by atomic mass is 31.1. The molecule has 0 radical (unpaired) electrons. The molecule has 3 heteroatoms. The molecule has 0 aliphatic heterocycles. The third kappa shape index (κ3) is 7.83. The summed E-state index contributed by atoms with van der Waals surface area (Å²) in [7, 11) is -1.85. The molecule has 0 heterocycles. The van der Waals surface area contributed by atoms with Gasteiger partial charge in [-0.1, -0.05) is 25.8 Å². The van der Waals surface area contributed by atoms with Crippen LogP contribution in [-0.4, -0.2) is 6.61 Å². The first kappa shape index (κ1) is 10.9. The molecule has 0 aromatic rings. The van der Waals surface area contributed by atoms with Crippen LogP contribution in [0.4, 0.5) is 0 Å². The average molecular weight is 176 g/mol. The molecule has 0 aromatic heterocycles. The fourth-order valence-corrected chi connectivity index (χ4v) is 1.43. The van der Waals surface area contributed by atoms with Crippen molar-refractivity contribution < 1.29 is 9.09 Å². The van der Waals surface area contributed by atoms with E-state index < -0.39 is 8.03 Å². The van der Waals surface area contributed by atoms with Crippen molar-refractivity contribution in [2.24, 2.45) is 0 Å². The van der Waals surface area contributed by atoms with Gasteiger partial charge in [0.15, 0.2) is 0 Å². The van der Waals surface area contributed by atoms with Crippen LogP contribution in [0.25, 0.3) is 0 Å². The van der Waals surface area contributed by atoms with Gasteiger partial charge < -0.3 is 4.52 Å². The molecule has 0 spiro atoms. The van der Waals surface area contributed by atoms with Crippen LogP contribution in [0.2, 0.25) is 0 Å². The van der Waals surface area contributed by atoms with Crippen molar-refractivity contribution in [1.29, 1.82) is 0 Å². The van der Waals surface area contributed by atoms with E-state index in [1.807, 2.05) is 13.0 Å². The molecule has 0 saturated carbocycles. The van der Waals surface area contributed by atoms with Crippen molar-refractivity contribution in [3.05, 3.63) is 11.9 Å². The third-order valence-corrected chi connectivity index (χ3v) is 2.35. The van der Waals surface area contributed by atoms with Gasteiger partial charge >= 0.3 is 0 Å². The van der Waals surface area contributed by atoms with Crippen molar-refractivity contribution >= 4 is 8.03 Å². The van der Waals surface area contributed by atoms with Gasteiger partial charge in [0.05, 0.1) is 6.61 Å². The van der Waals surface area contributed by atoms with E-state index in [0.29, 0.717) is 6.61 Å². The first-order valence-corrected chi connectivity index (χ1v) is 5.54. The van der Waals surface area contributed by atoms with Gasteiger partial charge in [0.25, 0.3) is 0 Å². The van der Waals surface area contributed by atoms with Crippen molar-refractivity contribution in [2.45, 2.75) is 33.1 Å². The van der Waals surface area contributed by atoms with E-state index in [0.717, 1.165) is 12.8 Å². The zero-order valence-electron chi connectivity index (χ0n) is 7.30. The second-order valence-corrected chi connectivity index (χ2v) is 3.56. The molecular weight excluding hydrogens is 159 g/mol. The normalized spacial score (nSPS) is 14.0. The second-order valence-electron chi connectivity index (χ2n) is 2.30.